The van der Waals surface area contributed by atoms with Crippen molar-refractivity contribution in [2.24, 2.45) is 0 Å². The number of hydrogen-bond donors (Lipinski definition) is 1. The summed E-state index contributed by atoms with van der Waals surface area (Å²) in [5, 5.41) is 9.08. The van der Waals surface area contributed by atoms with Gasteiger partial charge in [0.15, 0.2) is 0 Å². The molecule has 0 aliphatic heterocycles. The zero-order chi connectivity index (χ0) is 11.0. The molecule has 15 heavy (non-hydrogen) atoms. The quantitative estimate of drug-likeness (QED) is 0.836. The van der Waals surface area contributed by atoms with Crippen molar-refractivity contribution in [1.82, 2.24) is 0 Å². The third-order valence-electron chi connectivity index (χ3n) is 3.02. The molecule has 0 bridgehead atoms. The van der Waals surface area contributed by atoms with Crippen LogP contribution in [-0.4, -0.2) is 11.1 Å². The highest BCUT2D eigenvalue weighted by atomic mass is 79.9. The summed E-state index contributed by atoms with van der Waals surface area (Å²) in [6.45, 7) is 2.11. The van der Waals surface area contributed by atoms with E-state index >= 15 is 0 Å². The summed E-state index contributed by atoms with van der Waals surface area (Å²) in [5.74, 6) is -0.810. The molecule has 1 aliphatic rings. The Morgan fingerprint density at radius 2 is 2.33 bits per heavy atom. The molecule has 0 amide bonds. The topological polar surface area (TPSA) is 37.3 Å². The van der Waals surface area contributed by atoms with E-state index in [4.69, 9.17) is 5.11 Å². The normalized spacial score (nSPS) is 18.9. The zero-order valence-corrected chi connectivity index (χ0v) is 10.2. The fourth-order valence-corrected chi connectivity index (χ4v) is 3.10. The van der Waals surface area contributed by atoms with Crippen LogP contribution in [0.3, 0.4) is 0 Å². The largest absolute Gasteiger partial charge is 0.478 e. The molecule has 80 valence electrons. The number of aryl methyl sites for hydroxylation is 1. The number of halogens is 1. The van der Waals surface area contributed by atoms with Crippen LogP contribution < -0.4 is 0 Å². The van der Waals surface area contributed by atoms with Crippen LogP contribution in [0, 0.1) is 0 Å². The molecule has 0 fully saturated rings. The molecule has 0 aromatic heterocycles. The Morgan fingerprint density at radius 3 is 2.93 bits per heavy atom. The smallest absolute Gasteiger partial charge is 0.335 e. The van der Waals surface area contributed by atoms with Gasteiger partial charge in [0.2, 0.25) is 0 Å². The highest BCUT2D eigenvalue weighted by molar-refractivity contribution is 9.09. The minimum atomic E-state index is -0.810. The minimum Gasteiger partial charge on any atom is -0.478 e. The highest BCUT2D eigenvalue weighted by Gasteiger charge is 2.26. The van der Waals surface area contributed by atoms with Crippen LogP contribution in [0.2, 0.25) is 0 Å². The van der Waals surface area contributed by atoms with E-state index in [0.717, 1.165) is 24.8 Å². The second kappa shape index (κ2) is 3.97. The third-order valence-corrected chi connectivity index (χ3v) is 3.94. The lowest BCUT2D eigenvalue weighted by Crippen LogP contribution is -2.04. The van der Waals surface area contributed by atoms with Gasteiger partial charge in [0.05, 0.1) is 5.56 Å². The van der Waals surface area contributed by atoms with Crippen molar-refractivity contribution in [3.8, 4) is 0 Å². The van der Waals surface area contributed by atoms with E-state index in [0.29, 0.717) is 10.4 Å². The molecule has 1 unspecified atom stereocenters. The Hall–Kier alpha value is -0.830. The number of alkyl halides is 1. The fourth-order valence-electron chi connectivity index (χ4n) is 2.30. The first kappa shape index (κ1) is 10.7. The average Bonchev–Trinajstić information content (AvgIpc) is 2.60. The number of rotatable bonds is 2. The average molecular weight is 269 g/mol. The van der Waals surface area contributed by atoms with E-state index in [2.05, 4.69) is 22.9 Å². The number of benzene rings is 1. The van der Waals surface area contributed by atoms with E-state index in [1.54, 1.807) is 6.07 Å². The summed E-state index contributed by atoms with van der Waals surface area (Å²) >= 11 is 3.62. The van der Waals surface area contributed by atoms with Crippen molar-refractivity contribution in [2.75, 3.05) is 0 Å². The molecular formula is C12H13BrO2. The molecule has 1 atom stereocenters. The van der Waals surface area contributed by atoms with Gasteiger partial charge < -0.3 is 5.11 Å². The standard InChI is InChI=1S/C12H13BrO2/c1-2-7-3-4-9(12(14)15)8-5-6-10(13)11(7)8/h3-4,10H,2,5-6H2,1H3,(H,14,15). The third kappa shape index (κ3) is 1.69. The molecule has 1 aromatic rings. The van der Waals surface area contributed by atoms with E-state index < -0.39 is 5.97 Å². The second-order valence-corrected chi connectivity index (χ2v) is 4.93. The van der Waals surface area contributed by atoms with Gasteiger partial charge in [-0.1, -0.05) is 28.9 Å². The zero-order valence-electron chi connectivity index (χ0n) is 8.59. The Kier molecular flexibility index (Phi) is 2.83. The summed E-state index contributed by atoms with van der Waals surface area (Å²) in [4.78, 5) is 11.4. The number of carboxylic acid groups (broad SMARTS) is 1. The monoisotopic (exact) mass is 268 g/mol. The lowest BCUT2D eigenvalue weighted by molar-refractivity contribution is 0.0696. The Balaban J connectivity index is 2.62. The van der Waals surface area contributed by atoms with Gasteiger partial charge in [-0.25, -0.2) is 4.79 Å². The molecular weight excluding hydrogens is 256 g/mol. The first-order valence-electron chi connectivity index (χ1n) is 5.17. The summed E-state index contributed by atoms with van der Waals surface area (Å²) in [7, 11) is 0. The molecule has 1 aliphatic carbocycles. The summed E-state index contributed by atoms with van der Waals surface area (Å²) in [5.41, 5.74) is 4.00. The van der Waals surface area contributed by atoms with Crippen LogP contribution in [0.25, 0.3) is 0 Å². The molecule has 0 radical (unpaired) electrons. The van der Waals surface area contributed by atoms with Gasteiger partial charge in [0.25, 0.3) is 0 Å². The van der Waals surface area contributed by atoms with E-state index in [1.807, 2.05) is 6.07 Å². The second-order valence-electron chi connectivity index (χ2n) is 3.83. The first-order valence-corrected chi connectivity index (χ1v) is 6.08. The molecule has 3 heteroatoms. The van der Waals surface area contributed by atoms with Crippen LogP contribution >= 0.6 is 15.9 Å². The van der Waals surface area contributed by atoms with Gasteiger partial charge in [-0.15, -0.1) is 0 Å². The molecule has 0 heterocycles. The Labute approximate surface area is 97.4 Å². The molecule has 0 saturated heterocycles. The number of carbonyl (C=O) groups is 1. The Morgan fingerprint density at radius 1 is 1.60 bits per heavy atom. The van der Waals surface area contributed by atoms with Crippen molar-refractivity contribution in [3.05, 3.63) is 34.4 Å². The number of carboxylic acids is 1. The van der Waals surface area contributed by atoms with Crippen LogP contribution in [0.1, 0.15) is 45.2 Å². The SMILES string of the molecule is CCc1ccc(C(=O)O)c2c1C(Br)CC2. The van der Waals surface area contributed by atoms with Crippen LogP contribution in [0.4, 0.5) is 0 Å². The highest BCUT2D eigenvalue weighted by Crippen LogP contribution is 2.41. The maximum atomic E-state index is 11.1. The van der Waals surface area contributed by atoms with Crippen molar-refractivity contribution >= 4 is 21.9 Å². The lowest BCUT2D eigenvalue weighted by Gasteiger charge is -2.11. The number of hydrogen-bond acceptors (Lipinski definition) is 1. The summed E-state index contributed by atoms with van der Waals surface area (Å²) in [6, 6.07) is 3.69. The number of fused-ring (bicyclic) bond motifs is 1. The first-order chi connectivity index (χ1) is 7.15. The van der Waals surface area contributed by atoms with Gasteiger partial charge in [0.1, 0.15) is 0 Å². The van der Waals surface area contributed by atoms with Gasteiger partial charge in [-0.3, -0.25) is 0 Å². The van der Waals surface area contributed by atoms with Crippen LogP contribution in [-0.2, 0) is 12.8 Å². The van der Waals surface area contributed by atoms with Gasteiger partial charge in [0, 0.05) is 4.83 Å². The molecule has 1 N–H and O–H groups in total. The van der Waals surface area contributed by atoms with Gasteiger partial charge >= 0.3 is 5.97 Å². The van der Waals surface area contributed by atoms with Gasteiger partial charge in [-0.2, -0.15) is 0 Å². The van der Waals surface area contributed by atoms with Gasteiger partial charge in [-0.05, 0) is 42.0 Å². The van der Waals surface area contributed by atoms with E-state index in [-0.39, 0.29) is 0 Å². The van der Waals surface area contributed by atoms with Crippen molar-refractivity contribution in [3.63, 3.8) is 0 Å². The van der Waals surface area contributed by atoms with Crippen molar-refractivity contribution in [1.29, 1.82) is 0 Å². The molecule has 2 rings (SSSR count). The molecule has 0 saturated carbocycles. The van der Waals surface area contributed by atoms with Crippen molar-refractivity contribution in [2.45, 2.75) is 31.0 Å². The predicted octanol–water partition coefficient (Wildman–Crippen LogP) is 3.33. The lowest BCUT2D eigenvalue weighted by atomic mass is 9.97. The molecule has 0 spiro atoms. The number of aromatic carboxylic acids is 1. The fraction of sp³-hybridized carbons (Fsp3) is 0.417. The van der Waals surface area contributed by atoms with E-state index in [1.165, 1.54) is 11.1 Å². The predicted molar refractivity (Wildman–Crippen MR) is 62.8 cm³/mol. The van der Waals surface area contributed by atoms with E-state index in [9.17, 15) is 4.79 Å². The maximum absolute atomic E-state index is 11.1. The van der Waals surface area contributed by atoms with Crippen LogP contribution in [0.5, 0.6) is 0 Å². The Bertz CT molecular complexity index is 412. The molecule has 2 nitrogen and oxygen atoms in total. The van der Waals surface area contributed by atoms with Crippen LogP contribution in [0.15, 0.2) is 12.1 Å². The molecule has 1 aromatic carbocycles. The summed E-state index contributed by atoms with van der Waals surface area (Å²) < 4.78 is 0. The maximum Gasteiger partial charge on any atom is 0.335 e. The van der Waals surface area contributed by atoms with Crippen molar-refractivity contribution < 1.29 is 9.90 Å². The minimum absolute atomic E-state index is 0.335. The summed E-state index contributed by atoms with van der Waals surface area (Å²) in [6.07, 6.45) is 2.84.